The molecule has 6 heteroatoms. The number of halogens is 1. The van der Waals surface area contributed by atoms with Crippen molar-refractivity contribution < 1.29 is 9.59 Å². The third-order valence-corrected chi connectivity index (χ3v) is 4.96. The van der Waals surface area contributed by atoms with Crippen molar-refractivity contribution in [3.63, 3.8) is 0 Å². The van der Waals surface area contributed by atoms with Crippen LogP contribution in [0.5, 0.6) is 0 Å². The van der Waals surface area contributed by atoms with E-state index in [9.17, 15) is 9.59 Å². The van der Waals surface area contributed by atoms with Gasteiger partial charge in [0.2, 0.25) is 5.91 Å². The van der Waals surface area contributed by atoms with Crippen LogP contribution in [0.25, 0.3) is 0 Å². The van der Waals surface area contributed by atoms with Gasteiger partial charge in [-0.3, -0.25) is 9.69 Å². The number of nitrogens with zero attached hydrogens (tertiary/aromatic N) is 2. The van der Waals surface area contributed by atoms with E-state index in [-0.39, 0.29) is 18.5 Å². The SMILES string of the molecule is CC(C)c1ccc(N2CCN(CC(=O)NCc3ccc(Cl)cc3)C2=O)cc1. The van der Waals surface area contributed by atoms with E-state index in [1.807, 2.05) is 24.3 Å². The Morgan fingerprint density at radius 1 is 1.07 bits per heavy atom. The molecule has 3 amide bonds. The smallest absolute Gasteiger partial charge is 0.325 e. The van der Waals surface area contributed by atoms with E-state index in [1.54, 1.807) is 21.9 Å². The molecule has 5 nitrogen and oxygen atoms in total. The van der Waals surface area contributed by atoms with Crippen LogP contribution in [0.4, 0.5) is 10.5 Å². The Morgan fingerprint density at radius 2 is 1.74 bits per heavy atom. The Morgan fingerprint density at radius 3 is 2.37 bits per heavy atom. The lowest BCUT2D eigenvalue weighted by molar-refractivity contribution is -0.121. The first kappa shape index (κ1) is 19.2. The number of carbonyl (C=O) groups excluding carboxylic acids is 2. The molecule has 0 spiro atoms. The van der Waals surface area contributed by atoms with Crippen LogP contribution in [0.1, 0.15) is 30.9 Å². The molecule has 0 atom stereocenters. The summed E-state index contributed by atoms with van der Waals surface area (Å²) in [7, 11) is 0. The topological polar surface area (TPSA) is 52.6 Å². The molecule has 0 aromatic heterocycles. The second-order valence-electron chi connectivity index (χ2n) is 7.01. The second kappa shape index (κ2) is 8.44. The molecule has 27 heavy (non-hydrogen) atoms. The van der Waals surface area contributed by atoms with Crippen LogP contribution in [-0.4, -0.2) is 36.5 Å². The van der Waals surface area contributed by atoms with Gasteiger partial charge in [-0.05, 0) is 41.3 Å². The zero-order valence-corrected chi connectivity index (χ0v) is 16.4. The number of hydrogen-bond acceptors (Lipinski definition) is 2. The van der Waals surface area contributed by atoms with Crippen LogP contribution in [0.2, 0.25) is 5.02 Å². The Labute approximate surface area is 164 Å². The number of urea groups is 1. The van der Waals surface area contributed by atoms with E-state index >= 15 is 0 Å². The number of nitrogens with one attached hydrogen (secondary N) is 1. The lowest BCUT2D eigenvalue weighted by atomic mass is 10.0. The fourth-order valence-electron chi connectivity index (χ4n) is 3.04. The first-order valence-electron chi connectivity index (χ1n) is 9.11. The quantitative estimate of drug-likeness (QED) is 0.816. The summed E-state index contributed by atoms with van der Waals surface area (Å²) in [5, 5.41) is 3.51. The van der Waals surface area contributed by atoms with Crippen molar-refractivity contribution >= 4 is 29.2 Å². The summed E-state index contributed by atoms with van der Waals surface area (Å²) in [5.74, 6) is 0.282. The van der Waals surface area contributed by atoms with E-state index in [0.29, 0.717) is 30.6 Å². The van der Waals surface area contributed by atoms with Crippen molar-refractivity contribution in [2.45, 2.75) is 26.3 Å². The summed E-state index contributed by atoms with van der Waals surface area (Å²) >= 11 is 5.86. The molecule has 2 aromatic carbocycles. The van der Waals surface area contributed by atoms with Gasteiger partial charge in [0.05, 0.1) is 0 Å². The number of rotatable bonds is 6. The van der Waals surface area contributed by atoms with Gasteiger partial charge < -0.3 is 10.2 Å². The van der Waals surface area contributed by atoms with Gasteiger partial charge >= 0.3 is 6.03 Å². The molecule has 142 valence electrons. The molecule has 0 saturated carbocycles. The van der Waals surface area contributed by atoms with Crippen molar-refractivity contribution in [2.24, 2.45) is 0 Å². The minimum absolute atomic E-state index is 0.0625. The summed E-state index contributed by atoms with van der Waals surface area (Å²) in [6.45, 7) is 5.88. The first-order chi connectivity index (χ1) is 12.9. The molecule has 0 aliphatic carbocycles. The highest BCUT2D eigenvalue weighted by Crippen LogP contribution is 2.23. The van der Waals surface area contributed by atoms with Gasteiger partial charge in [-0.15, -0.1) is 0 Å². The van der Waals surface area contributed by atoms with Crippen LogP contribution >= 0.6 is 11.6 Å². The van der Waals surface area contributed by atoms with Crippen molar-refractivity contribution in [2.75, 3.05) is 24.5 Å². The number of hydrogen-bond donors (Lipinski definition) is 1. The maximum atomic E-state index is 12.6. The molecule has 1 heterocycles. The molecule has 0 unspecified atom stereocenters. The summed E-state index contributed by atoms with van der Waals surface area (Å²) < 4.78 is 0. The van der Waals surface area contributed by atoms with Crippen LogP contribution in [0, 0.1) is 0 Å². The molecule has 1 N–H and O–H groups in total. The average molecular weight is 386 g/mol. The second-order valence-corrected chi connectivity index (χ2v) is 7.44. The molecule has 1 fully saturated rings. The van der Waals surface area contributed by atoms with Crippen LogP contribution in [-0.2, 0) is 11.3 Å². The van der Waals surface area contributed by atoms with E-state index in [0.717, 1.165) is 11.3 Å². The van der Waals surface area contributed by atoms with Crippen molar-refractivity contribution in [1.82, 2.24) is 10.2 Å². The maximum Gasteiger partial charge on any atom is 0.325 e. The van der Waals surface area contributed by atoms with Gasteiger partial charge in [-0.1, -0.05) is 49.7 Å². The molecule has 0 radical (unpaired) electrons. The van der Waals surface area contributed by atoms with Crippen LogP contribution in [0.15, 0.2) is 48.5 Å². The number of anilines is 1. The summed E-state index contributed by atoms with van der Waals surface area (Å²) in [5.41, 5.74) is 3.07. The van der Waals surface area contributed by atoms with Crippen LogP contribution in [0.3, 0.4) is 0 Å². The van der Waals surface area contributed by atoms with Gasteiger partial charge in [0.25, 0.3) is 0 Å². The molecular formula is C21H24ClN3O2. The van der Waals surface area contributed by atoms with Gasteiger partial charge in [-0.25, -0.2) is 4.79 Å². The van der Waals surface area contributed by atoms with Crippen molar-refractivity contribution in [3.8, 4) is 0 Å². The van der Waals surface area contributed by atoms with Gasteiger partial charge in [0.1, 0.15) is 6.54 Å². The molecular weight excluding hydrogens is 362 g/mol. The maximum absolute atomic E-state index is 12.6. The Bertz CT molecular complexity index is 803. The standard InChI is InChI=1S/C21H24ClN3O2/c1-15(2)17-5-9-19(10-6-17)25-12-11-24(21(25)27)14-20(26)23-13-16-3-7-18(22)8-4-16/h3-10,15H,11-14H2,1-2H3,(H,23,26). The minimum Gasteiger partial charge on any atom is -0.350 e. The van der Waals surface area contributed by atoms with E-state index in [2.05, 4.69) is 31.3 Å². The van der Waals surface area contributed by atoms with E-state index in [1.165, 1.54) is 5.56 Å². The number of benzene rings is 2. The highest BCUT2D eigenvalue weighted by Gasteiger charge is 2.30. The van der Waals surface area contributed by atoms with Crippen molar-refractivity contribution in [1.29, 1.82) is 0 Å². The Balaban J connectivity index is 1.53. The summed E-state index contributed by atoms with van der Waals surface area (Å²) in [6, 6.07) is 15.2. The monoisotopic (exact) mass is 385 g/mol. The predicted octanol–water partition coefficient (Wildman–Crippen LogP) is 4.02. The number of amides is 3. The molecule has 1 aliphatic heterocycles. The van der Waals surface area contributed by atoms with Crippen molar-refractivity contribution in [3.05, 3.63) is 64.7 Å². The summed E-state index contributed by atoms with van der Waals surface area (Å²) in [6.07, 6.45) is 0. The van der Waals surface area contributed by atoms with E-state index < -0.39 is 0 Å². The van der Waals surface area contributed by atoms with Gasteiger partial charge in [-0.2, -0.15) is 0 Å². The minimum atomic E-state index is -0.171. The highest BCUT2D eigenvalue weighted by atomic mass is 35.5. The van der Waals surface area contributed by atoms with E-state index in [4.69, 9.17) is 11.6 Å². The Kier molecular flexibility index (Phi) is 6.01. The molecule has 1 aliphatic rings. The van der Waals surface area contributed by atoms with Crippen LogP contribution < -0.4 is 10.2 Å². The zero-order valence-electron chi connectivity index (χ0n) is 15.6. The third-order valence-electron chi connectivity index (χ3n) is 4.70. The molecule has 0 bridgehead atoms. The third kappa shape index (κ3) is 4.80. The molecule has 1 saturated heterocycles. The van der Waals surface area contributed by atoms with Gasteiger partial charge in [0.15, 0.2) is 0 Å². The lowest BCUT2D eigenvalue weighted by Gasteiger charge is -2.19. The normalized spacial score (nSPS) is 14.1. The lowest BCUT2D eigenvalue weighted by Crippen LogP contribution is -2.39. The largest absolute Gasteiger partial charge is 0.350 e. The first-order valence-corrected chi connectivity index (χ1v) is 9.49. The fourth-order valence-corrected chi connectivity index (χ4v) is 3.17. The molecule has 2 aromatic rings. The fraction of sp³-hybridized carbons (Fsp3) is 0.333. The van der Waals surface area contributed by atoms with Gasteiger partial charge in [0, 0.05) is 30.3 Å². The Hall–Kier alpha value is -2.53. The molecule has 3 rings (SSSR count). The summed E-state index contributed by atoms with van der Waals surface area (Å²) in [4.78, 5) is 28.1. The number of carbonyl (C=O) groups is 2. The highest BCUT2D eigenvalue weighted by molar-refractivity contribution is 6.30. The predicted molar refractivity (Wildman–Crippen MR) is 108 cm³/mol. The zero-order chi connectivity index (χ0) is 19.4. The average Bonchev–Trinajstić information content (AvgIpc) is 3.02.